The highest BCUT2D eigenvalue weighted by Gasteiger charge is 2.25. The van der Waals surface area contributed by atoms with Crippen LogP contribution in [0.2, 0.25) is 0 Å². The maximum atomic E-state index is 7.04. The molecule has 0 aliphatic heterocycles. The third kappa shape index (κ3) is 7.40. The van der Waals surface area contributed by atoms with E-state index in [1.807, 2.05) is 48.5 Å². The van der Waals surface area contributed by atoms with Crippen LogP contribution >= 0.6 is 8.60 Å². The summed E-state index contributed by atoms with van der Waals surface area (Å²) in [4.78, 5) is 0. The first-order chi connectivity index (χ1) is 28.7. The third-order valence-corrected chi connectivity index (χ3v) is 11.6. The van der Waals surface area contributed by atoms with Crippen LogP contribution in [-0.4, -0.2) is 0 Å². The van der Waals surface area contributed by atoms with Gasteiger partial charge in [0.1, 0.15) is 17.2 Å². The average molecular weight is 765 g/mol. The normalized spacial score (nSPS) is 11.3. The van der Waals surface area contributed by atoms with Crippen molar-refractivity contribution in [3.8, 4) is 61.8 Å². The Kier molecular flexibility index (Phi) is 9.57. The van der Waals surface area contributed by atoms with Crippen LogP contribution in [0.4, 0.5) is 0 Å². The van der Waals surface area contributed by atoms with E-state index in [0.717, 1.165) is 65.7 Å². The van der Waals surface area contributed by atoms with Gasteiger partial charge in [0.2, 0.25) is 0 Å². The first-order valence-corrected chi connectivity index (χ1v) is 20.5. The zero-order valence-corrected chi connectivity index (χ0v) is 32.4. The average Bonchev–Trinajstić information content (AvgIpc) is 3.29. The Hall–Kier alpha value is -7.19. The van der Waals surface area contributed by atoms with E-state index >= 15 is 0 Å². The molecule has 10 rings (SSSR count). The largest absolute Gasteiger partial charge is 0.530 e. The maximum Gasteiger partial charge on any atom is 0.530 e. The van der Waals surface area contributed by atoms with Gasteiger partial charge in [0.15, 0.2) is 0 Å². The molecule has 0 bridgehead atoms. The van der Waals surface area contributed by atoms with Crippen molar-refractivity contribution >= 4 is 40.9 Å². The minimum atomic E-state index is -2.05. The molecular weight excluding hydrogens is 728 g/mol. The van der Waals surface area contributed by atoms with Crippen molar-refractivity contribution in [3.63, 3.8) is 0 Å². The van der Waals surface area contributed by atoms with E-state index in [2.05, 4.69) is 176 Å². The smallest absolute Gasteiger partial charge is 0.408 e. The van der Waals surface area contributed by atoms with Gasteiger partial charge in [-0.2, -0.15) is 0 Å². The molecule has 0 atom stereocenters. The predicted molar refractivity (Wildman–Crippen MR) is 242 cm³/mol. The quantitative estimate of drug-likeness (QED) is 0.130. The minimum absolute atomic E-state index is 0.661. The van der Waals surface area contributed by atoms with Gasteiger partial charge in [-0.1, -0.05) is 176 Å². The van der Waals surface area contributed by atoms with Crippen molar-refractivity contribution in [3.05, 3.63) is 224 Å². The van der Waals surface area contributed by atoms with Crippen LogP contribution in [0.3, 0.4) is 0 Å². The van der Waals surface area contributed by atoms with Gasteiger partial charge in [-0.05, 0) is 114 Å². The van der Waals surface area contributed by atoms with Gasteiger partial charge in [-0.15, -0.1) is 0 Å². The Morgan fingerprint density at radius 2 is 0.638 bits per heavy atom. The molecule has 0 N–H and O–H groups in total. The molecule has 0 radical (unpaired) electrons. The molecule has 10 aromatic carbocycles. The van der Waals surface area contributed by atoms with Crippen molar-refractivity contribution in [1.82, 2.24) is 0 Å². The molecule has 4 heteroatoms. The second kappa shape index (κ2) is 15.7. The first-order valence-electron chi connectivity index (χ1n) is 19.4. The summed E-state index contributed by atoms with van der Waals surface area (Å²) in [5.41, 5.74) is 8.64. The summed E-state index contributed by atoms with van der Waals surface area (Å²) in [7, 11) is -2.05. The van der Waals surface area contributed by atoms with Crippen molar-refractivity contribution in [1.29, 1.82) is 0 Å². The van der Waals surface area contributed by atoms with E-state index in [-0.39, 0.29) is 0 Å². The first kappa shape index (κ1) is 35.2. The van der Waals surface area contributed by atoms with Crippen LogP contribution in [-0.2, 0) is 0 Å². The summed E-state index contributed by atoms with van der Waals surface area (Å²) < 4.78 is 20.9. The number of benzene rings is 10. The summed E-state index contributed by atoms with van der Waals surface area (Å²) in [6.45, 7) is 0. The molecule has 0 aromatic heterocycles. The Morgan fingerprint density at radius 1 is 0.241 bits per heavy atom. The molecule has 0 amide bonds. The number of hydrogen-bond donors (Lipinski definition) is 0. The lowest BCUT2D eigenvalue weighted by molar-refractivity contribution is 0.390. The molecule has 0 aliphatic carbocycles. The Bertz CT molecular complexity index is 2860. The highest BCUT2D eigenvalue weighted by molar-refractivity contribution is 7.43. The van der Waals surface area contributed by atoms with Gasteiger partial charge < -0.3 is 13.6 Å². The van der Waals surface area contributed by atoms with E-state index in [1.54, 1.807) is 0 Å². The molecule has 0 unspecified atom stereocenters. The summed E-state index contributed by atoms with van der Waals surface area (Å²) >= 11 is 0. The lowest BCUT2D eigenvalue weighted by Crippen LogP contribution is -2.04. The zero-order valence-electron chi connectivity index (χ0n) is 31.5. The van der Waals surface area contributed by atoms with Gasteiger partial charge >= 0.3 is 8.60 Å². The fourth-order valence-corrected chi connectivity index (χ4v) is 8.56. The lowest BCUT2D eigenvalue weighted by Gasteiger charge is -2.22. The van der Waals surface area contributed by atoms with Crippen molar-refractivity contribution in [2.45, 2.75) is 0 Å². The monoisotopic (exact) mass is 764 g/mol. The Morgan fingerprint density at radius 3 is 1.12 bits per heavy atom. The van der Waals surface area contributed by atoms with Crippen LogP contribution in [0.15, 0.2) is 224 Å². The van der Waals surface area contributed by atoms with E-state index in [4.69, 9.17) is 13.6 Å². The second-order valence-corrected chi connectivity index (χ2v) is 15.3. The molecule has 10 aromatic rings. The van der Waals surface area contributed by atoms with E-state index < -0.39 is 8.60 Å². The van der Waals surface area contributed by atoms with Crippen LogP contribution < -0.4 is 13.6 Å². The number of fused-ring (bicyclic) bond motifs is 3. The topological polar surface area (TPSA) is 27.7 Å². The molecule has 0 heterocycles. The molecule has 276 valence electrons. The van der Waals surface area contributed by atoms with E-state index in [1.165, 1.54) is 11.1 Å². The van der Waals surface area contributed by atoms with Gasteiger partial charge in [0.05, 0.1) is 0 Å². The maximum absolute atomic E-state index is 7.04. The number of rotatable bonds is 10. The standard InChI is InChI=1S/C54H37O3P/c1-5-15-38(16-6-1)44-25-27-46-36-53(51(34-48(46)31-44)41-20-9-3-10-21-41)56-58(55-50-30-29-40-19-13-14-24-43(40)33-50)57-54-37-47-28-26-45(39-17-7-2-8-18-39)32-49(47)35-52(54)42-22-11-4-12-23-42/h1-37H. The highest BCUT2D eigenvalue weighted by Crippen LogP contribution is 2.49. The molecule has 0 aliphatic rings. The molecule has 0 saturated carbocycles. The summed E-state index contributed by atoms with van der Waals surface area (Å²) in [5.74, 6) is 2.01. The summed E-state index contributed by atoms with van der Waals surface area (Å²) in [6.07, 6.45) is 0. The molecular formula is C54H37O3P. The van der Waals surface area contributed by atoms with Gasteiger partial charge in [-0.3, -0.25) is 0 Å². The third-order valence-electron chi connectivity index (χ3n) is 10.5. The Labute approximate surface area is 339 Å². The van der Waals surface area contributed by atoms with Gasteiger partial charge in [-0.25, -0.2) is 0 Å². The number of hydrogen-bond acceptors (Lipinski definition) is 3. The second-order valence-electron chi connectivity index (χ2n) is 14.3. The molecule has 0 saturated heterocycles. The molecule has 0 fully saturated rings. The molecule has 0 spiro atoms. The van der Waals surface area contributed by atoms with Gasteiger partial charge in [0, 0.05) is 11.1 Å². The predicted octanol–water partition coefficient (Wildman–Crippen LogP) is 15.6. The van der Waals surface area contributed by atoms with Crippen LogP contribution in [0.25, 0.3) is 76.8 Å². The van der Waals surface area contributed by atoms with Crippen LogP contribution in [0.1, 0.15) is 0 Å². The fraction of sp³-hybridized carbons (Fsp3) is 0. The van der Waals surface area contributed by atoms with Crippen molar-refractivity contribution in [2.24, 2.45) is 0 Å². The van der Waals surface area contributed by atoms with Crippen LogP contribution in [0, 0.1) is 0 Å². The van der Waals surface area contributed by atoms with Crippen LogP contribution in [0.5, 0.6) is 17.2 Å². The molecule has 58 heavy (non-hydrogen) atoms. The Balaban J connectivity index is 1.10. The van der Waals surface area contributed by atoms with Crippen molar-refractivity contribution < 1.29 is 13.6 Å². The highest BCUT2D eigenvalue weighted by atomic mass is 31.2. The summed E-state index contributed by atoms with van der Waals surface area (Å²) in [5, 5.41) is 6.55. The van der Waals surface area contributed by atoms with Gasteiger partial charge in [0.25, 0.3) is 0 Å². The summed E-state index contributed by atoms with van der Waals surface area (Å²) in [6, 6.07) is 77.9. The lowest BCUT2D eigenvalue weighted by atomic mass is 9.97. The fourth-order valence-electron chi connectivity index (χ4n) is 7.54. The molecule has 3 nitrogen and oxygen atoms in total. The SMILES string of the molecule is c1ccc(-c2ccc3cc(OP(Oc4ccc5ccccc5c4)Oc4cc5ccc(-c6ccccc6)cc5cc4-c4ccccc4)c(-c4ccccc4)cc3c2)cc1. The van der Waals surface area contributed by atoms with E-state index in [9.17, 15) is 0 Å². The minimum Gasteiger partial charge on any atom is -0.408 e. The zero-order chi connectivity index (χ0) is 38.7. The van der Waals surface area contributed by atoms with E-state index in [0.29, 0.717) is 17.2 Å². The van der Waals surface area contributed by atoms with Crippen molar-refractivity contribution in [2.75, 3.05) is 0 Å².